The SMILES string of the molecule is CC(C)(C)OC(=O)N1CCC(Oc2cccc(C#N)c2Cl)CC1.Cn1nc(CC(=O)N2CCC(Oc3cccc(C#N)c3Cl)CC2)ccc1=O.Cn1nc(N)ccc1=O.N#Cc1cccc(O)c1Cl.N#Cc1cccc(OC2CCNCC2)c1Cl.OC1CCCCC1. The van der Waals surface area contributed by atoms with Gasteiger partial charge in [-0.1, -0.05) is 89.9 Å². The minimum atomic E-state index is -0.490. The Hall–Kier alpha value is -8.58. The summed E-state index contributed by atoms with van der Waals surface area (Å²) in [4.78, 5) is 49.9. The normalized spacial score (nSPS) is 15.0. The van der Waals surface area contributed by atoms with Crippen LogP contribution >= 0.6 is 46.4 Å². The Morgan fingerprint density at radius 2 is 0.978 bits per heavy atom. The van der Waals surface area contributed by atoms with Crippen molar-refractivity contribution in [3.05, 3.63) is 166 Å². The van der Waals surface area contributed by atoms with Crippen LogP contribution in [-0.2, 0) is 30.0 Å². The summed E-state index contributed by atoms with van der Waals surface area (Å²) in [7, 11) is 3.12. The Morgan fingerprint density at radius 3 is 1.36 bits per heavy atom. The van der Waals surface area contributed by atoms with Gasteiger partial charge in [-0.05, 0) is 120 Å². The van der Waals surface area contributed by atoms with Crippen molar-refractivity contribution in [1.82, 2.24) is 34.7 Å². The number of nitriles is 4. The van der Waals surface area contributed by atoms with Crippen molar-refractivity contribution in [3.63, 3.8) is 0 Å². The van der Waals surface area contributed by atoms with Gasteiger partial charge >= 0.3 is 6.09 Å². The monoisotopic (exact) mass is 1340 g/mol. The summed E-state index contributed by atoms with van der Waals surface area (Å²) in [5.41, 5.74) is 6.52. The van der Waals surface area contributed by atoms with Crippen LogP contribution < -0.4 is 36.4 Å². The predicted octanol–water partition coefficient (Wildman–Crippen LogP) is 10.8. The number of rotatable bonds is 8. The molecule has 4 aliphatic rings. The summed E-state index contributed by atoms with van der Waals surface area (Å²) in [6, 6.07) is 33.9. The smallest absolute Gasteiger partial charge is 0.410 e. The number of benzene rings is 4. The fourth-order valence-electron chi connectivity index (χ4n) is 9.34. The zero-order valence-corrected chi connectivity index (χ0v) is 55.0. The van der Waals surface area contributed by atoms with E-state index in [2.05, 4.69) is 15.5 Å². The van der Waals surface area contributed by atoms with E-state index in [9.17, 15) is 19.2 Å². The third kappa shape index (κ3) is 24.6. The number of aliphatic hydroxyl groups is 1. The summed E-state index contributed by atoms with van der Waals surface area (Å²) in [6.07, 6.45) is 10.6. The summed E-state index contributed by atoms with van der Waals surface area (Å²) in [6.45, 7) is 9.81. The summed E-state index contributed by atoms with van der Waals surface area (Å²) >= 11 is 23.9. The quantitative estimate of drug-likeness (QED) is 0.110. The topological polar surface area (TPSA) is 321 Å². The highest BCUT2D eigenvalue weighted by atomic mass is 35.5. The molecule has 26 heteroatoms. The summed E-state index contributed by atoms with van der Waals surface area (Å²) in [5, 5.41) is 65.3. The number of likely N-dealkylation sites (tertiary alicyclic amines) is 2. The molecule has 5 heterocycles. The number of phenols is 1. The molecule has 1 aliphatic carbocycles. The van der Waals surface area contributed by atoms with E-state index in [1.54, 1.807) is 90.6 Å². The van der Waals surface area contributed by atoms with Gasteiger partial charge in [-0.25, -0.2) is 14.2 Å². The lowest BCUT2D eigenvalue weighted by Gasteiger charge is -2.33. The Bertz CT molecular complexity index is 3700. The third-order valence-corrected chi connectivity index (χ3v) is 15.9. The molecule has 92 heavy (non-hydrogen) atoms. The number of halogens is 4. The Balaban J connectivity index is 0.000000213. The van der Waals surface area contributed by atoms with Crippen LogP contribution in [0, 0.1) is 45.3 Å². The van der Waals surface area contributed by atoms with Gasteiger partial charge in [0.25, 0.3) is 11.1 Å². The number of piperidine rings is 3. The van der Waals surface area contributed by atoms with Crippen molar-refractivity contribution in [2.75, 3.05) is 45.0 Å². The van der Waals surface area contributed by atoms with Gasteiger partial charge in [0, 0.05) is 78.1 Å². The maximum atomic E-state index is 12.5. The summed E-state index contributed by atoms with van der Waals surface area (Å²) in [5.74, 6) is 1.91. The number of nitrogen functional groups attached to an aromatic ring is 1. The number of phenolic OH excluding ortho intramolecular Hbond substituents is 1. The lowest BCUT2D eigenvalue weighted by molar-refractivity contribution is -0.132. The Kier molecular flexibility index (Phi) is 30.4. The molecule has 22 nitrogen and oxygen atoms in total. The number of ether oxygens (including phenoxy) is 4. The van der Waals surface area contributed by atoms with Gasteiger partial charge in [-0.2, -0.15) is 31.2 Å². The number of hydrogen-bond acceptors (Lipinski definition) is 18. The van der Waals surface area contributed by atoms with E-state index in [0.717, 1.165) is 38.8 Å². The van der Waals surface area contributed by atoms with Gasteiger partial charge in [0.2, 0.25) is 5.91 Å². The zero-order valence-electron chi connectivity index (χ0n) is 52.0. The molecule has 5 N–H and O–H groups in total. The number of amides is 2. The van der Waals surface area contributed by atoms with Crippen molar-refractivity contribution in [2.24, 2.45) is 14.1 Å². The maximum Gasteiger partial charge on any atom is 0.410 e. The van der Waals surface area contributed by atoms with E-state index in [1.807, 2.05) is 51.1 Å². The average Bonchev–Trinajstić information content (AvgIpc) is 3.46. The molecule has 2 amide bonds. The van der Waals surface area contributed by atoms with E-state index >= 15 is 0 Å². The number of aliphatic hydroxyl groups excluding tert-OH is 1. The number of aromatic hydroxyl groups is 1. The second-order valence-electron chi connectivity index (χ2n) is 22.5. The Morgan fingerprint density at radius 1 is 0.576 bits per heavy atom. The molecule has 0 spiro atoms. The van der Waals surface area contributed by atoms with E-state index in [1.165, 1.54) is 52.9 Å². The van der Waals surface area contributed by atoms with Crippen LogP contribution in [0.5, 0.6) is 23.0 Å². The number of nitrogens with two attached hydrogens (primary N) is 1. The first-order valence-electron chi connectivity index (χ1n) is 29.8. The van der Waals surface area contributed by atoms with Crippen molar-refractivity contribution < 1.29 is 38.7 Å². The van der Waals surface area contributed by atoms with Crippen LogP contribution in [0.15, 0.2) is 107 Å². The number of carbonyl (C=O) groups excluding carboxylic acids is 2. The van der Waals surface area contributed by atoms with E-state index in [-0.39, 0.29) is 64.7 Å². The highest BCUT2D eigenvalue weighted by Gasteiger charge is 2.29. The molecule has 2 aromatic heterocycles. The van der Waals surface area contributed by atoms with Gasteiger partial charge in [0.1, 0.15) is 97.1 Å². The number of aromatic nitrogens is 4. The first-order valence-corrected chi connectivity index (χ1v) is 31.4. The minimum absolute atomic E-state index is 0.0240. The molecule has 0 bridgehead atoms. The van der Waals surface area contributed by atoms with Crippen LogP contribution in [-0.4, -0.2) is 121 Å². The number of nitrogens with one attached hydrogen (secondary N) is 1. The van der Waals surface area contributed by atoms with Crippen LogP contribution in [0.1, 0.15) is 119 Å². The van der Waals surface area contributed by atoms with Crippen LogP contribution in [0.2, 0.25) is 20.1 Å². The molecule has 10 rings (SSSR count). The second kappa shape index (κ2) is 37.7. The van der Waals surface area contributed by atoms with Gasteiger partial charge in [-0.15, -0.1) is 0 Å². The first kappa shape index (κ1) is 74.2. The molecule has 3 saturated heterocycles. The molecule has 3 aliphatic heterocycles. The number of aryl methyl sites for hydroxylation is 2. The molecule has 488 valence electrons. The lowest BCUT2D eigenvalue weighted by atomic mass is 9.98. The van der Waals surface area contributed by atoms with Gasteiger partial charge in [-0.3, -0.25) is 14.4 Å². The second-order valence-corrected chi connectivity index (χ2v) is 24.0. The highest BCUT2D eigenvalue weighted by Crippen LogP contribution is 2.33. The van der Waals surface area contributed by atoms with Crippen LogP contribution in [0.4, 0.5) is 10.6 Å². The molecule has 6 aromatic rings. The fourth-order valence-corrected chi connectivity index (χ4v) is 10.1. The van der Waals surface area contributed by atoms with E-state index in [0.29, 0.717) is 118 Å². The minimum Gasteiger partial charge on any atom is -0.506 e. The lowest BCUT2D eigenvalue weighted by Crippen LogP contribution is -2.44. The number of carbonyl (C=O) groups is 2. The molecular weight excluding hydrogens is 1260 g/mol. The number of nitrogens with zero attached hydrogens (tertiary/aromatic N) is 10. The van der Waals surface area contributed by atoms with Crippen molar-refractivity contribution in [1.29, 1.82) is 21.0 Å². The maximum absolute atomic E-state index is 12.5. The van der Waals surface area contributed by atoms with Crippen molar-refractivity contribution in [3.8, 4) is 47.3 Å². The average molecular weight is 1340 g/mol. The molecule has 0 unspecified atom stereocenters. The first-order chi connectivity index (χ1) is 43.9. The number of anilines is 1. The number of hydrogen-bond donors (Lipinski definition) is 4. The Labute approximate surface area is 555 Å². The zero-order chi connectivity index (χ0) is 67.3. The molecule has 0 atom stereocenters. The van der Waals surface area contributed by atoms with E-state index in [4.69, 9.17) is 102 Å². The summed E-state index contributed by atoms with van der Waals surface area (Å²) < 4.78 is 25.4. The standard InChI is InChI=1S/C19H19ClN4O3.C17H21ClN2O3.C12H13ClN2O.C7H4ClNO.C6H12O.C5H7N3O/c1-23-17(25)6-5-14(22-23)11-18(26)24-9-7-15(8-10-24)27-16-4-2-3-13(12-21)19(16)20;1-17(2,3)23-16(21)20-9-7-13(8-10-20)22-14-6-4-5-12(11-19)15(14)18;13-12-9(8-14)2-1-3-11(12)16-10-4-6-15-7-5-10;8-7-5(4-9)2-1-3-6(7)10;7-6-4-2-1-3-5-6;1-8-5(9)3-2-4(6)7-8/h2-6,15H,7-11H2,1H3;4-6,13H,7-10H2,1-3H3;1-3,10,15H,4-7H2;1-3,10H;6-7H,1-5H2;2-3H,1H3,(H2,6,7). The highest BCUT2D eigenvalue weighted by molar-refractivity contribution is 6.34. The van der Waals surface area contributed by atoms with Gasteiger partial charge in [0.15, 0.2) is 0 Å². The van der Waals surface area contributed by atoms with Crippen molar-refractivity contribution >= 4 is 64.2 Å². The van der Waals surface area contributed by atoms with Gasteiger partial charge in [0.05, 0.1) is 40.5 Å². The molecule has 4 aromatic carbocycles. The molecule has 0 radical (unpaired) electrons. The van der Waals surface area contributed by atoms with Crippen LogP contribution in [0.25, 0.3) is 0 Å². The molecule has 4 fully saturated rings. The molecule has 1 saturated carbocycles. The van der Waals surface area contributed by atoms with Gasteiger partial charge < -0.3 is 50.0 Å². The largest absolute Gasteiger partial charge is 0.506 e. The fraction of sp³-hybridized carbons (Fsp3) is 0.424. The van der Waals surface area contributed by atoms with Crippen LogP contribution in [0.3, 0.4) is 0 Å². The third-order valence-electron chi connectivity index (χ3n) is 14.3. The predicted molar refractivity (Wildman–Crippen MR) is 351 cm³/mol. The van der Waals surface area contributed by atoms with Crippen molar-refractivity contribution in [2.45, 2.75) is 128 Å². The van der Waals surface area contributed by atoms with E-state index < -0.39 is 5.60 Å². The molecular formula is C66H76Cl4N12O10.